The summed E-state index contributed by atoms with van der Waals surface area (Å²) in [6.45, 7) is 2.65. The van der Waals surface area contributed by atoms with E-state index in [9.17, 15) is 14.0 Å². The molecule has 0 aliphatic carbocycles. The summed E-state index contributed by atoms with van der Waals surface area (Å²) < 4.78 is 12.7. The van der Waals surface area contributed by atoms with Crippen LogP contribution in [0.1, 0.15) is 36.5 Å². The lowest BCUT2D eigenvalue weighted by Crippen LogP contribution is -2.37. The highest BCUT2D eigenvalue weighted by atomic mass is 19.1. The van der Waals surface area contributed by atoms with E-state index in [0.29, 0.717) is 12.1 Å². The van der Waals surface area contributed by atoms with E-state index in [4.69, 9.17) is 0 Å². The molecule has 2 N–H and O–H groups in total. The van der Waals surface area contributed by atoms with E-state index >= 15 is 0 Å². The third-order valence-corrected chi connectivity index (χ3v) is 2.62. The van der Waals surface area contributed by atoms with Gasteiger partial charge in [-0.05, 0) is 30.7 Å². The Morgan fingerprint density at radius 3 is 2.42 bits per heavy atom. The molecule has 0 aliphatic heterocycles. The van der Waals surface area contributed by atoms with Crippen molar-refractivity contribution in [2.75, 3.05) is 13.1 Å². The number of nitrogens with one attached hydrogen (secondary N) is 2. The first-order valence-electron chi connectivity index (χ1n) is 6.44. The second-order valence-electron chi connectivity index (χ2n) is 4.25. The van der Waals surface area contributed by atoms with Crippen LogP contribution in [0, 0.1) is 5.82 Å². The van der Waals surface area contributed by atoms with Gasteiger partial charge in [0.15, 0.2) is 0 Å². The number of carbonyl (C=O) groups is 2. The molecule has 5 heteroatoms. The molecule has 1 aromatic rings. The molecule has 0 fully saturated rings. The average Bonchev–Trinajstić information content (AvgIpc) is 2.42. The zero-order valence-corrected chi connectivity index (χ0v) is 11.0. The summed E-state index contributed by atoms with van der Waals surface area (Å²) in [5.41, 5.74) is 0.334. The van der Waals surface area contributed by atoms with Crippen molar-refractivity contribution in [3.8, 4) is 0 Å². The molecule has 19 heavy (non-hydrogen) atoms. The van der Waals surface area contributed by atoms with Gasteiger partial charge in [-0.3, -0.25) is 9.59 Å². The lowest BCUT2D eigenvalue weighted by molar-refractivity contribution is -0.120. The smallest absolute Gasteiger partial charge is 0.251 e. The van der Waals surface area contributed by atoms with Crippen LogP contribution < -0.4 is 10.6 Å². The van der Waals surface area contributed by atoms with E-state index in [1.54, 1.807) is 0 Å². The Morgan fingerprint density at radius 1 is 1.11 bits per heavy atom. The number of rotatable bonds is 7. The van der Waals surface area contributed by atoms with E-state index in [1.807, 2.05) is 0 Å². The zero-order valence-electron chi connectivity index (χ0n) is 11.0. The van der Waals surface area contributed by atoms with E-state index < -0.39 is 5.82 Å². The van der Waals surface area contributed by atoms with Crippen LogP contribution in [0.15, 0.2) is 24.3 Å². The molecule has 104 valence electrons. The molecule has 2 amide bonds. The van der Waals surface area contributed by atoms with Crippen LogP contribution in [0.3, 0.4) is 0 Å². The molecular formula is C14H19FN2O2. The van der Waals surface area contributed by atoms with Gasteiger partial charge in [-0.25, -0.2) is 4.39 Å². The Kier molecular flexibility index (Phi) is 6.57. The molecule has 0 heterocycles. The summed E-state index contributed by atoms with van der Waals surface area (Å²) in [7, 11) is 0. The van der Waals surface area contributed by atoms with Crippen molar-refractivity contribution in [3.63, 3.8) is 0 Å². The van der Waals surface area contributed by atoms with Crippen LogP contribution in [0.25, 0.3) is 0 Å². The number of unbranched alkanes of at least 4 members (excludes halogenated alkanes) is 2. The van der Waals surface area contributed by atoms with Gasteiger partial charge in [0.1, 0.15) is 5.82 Å². The third kappa shape index (κ3) is 5.99. The van der Waals surface area contributed by atoms with Crippen LogP contribution in [0.4, 0.5) is 4.39 Å². The fourth-order valence-corrected chi connectivity index (χ4v) is 1.53. The van der Waals surface area contributed by atoms with Gasteiger partial charge in [-0.2, -0.15) is 0 Å². The first-order valence-corrected chi connectivity index (χ1v) is 6.44. The lowest BCUT2D eigenvalue weighted by atomic mass is 10.2. The second kappa shape index (κ2) is 8.24. The van der Waals surface area contributed by atoms with Gasteiger partial charge < -0.3 is 10.6 Å². The number of carbonyl (C=O) groups excluding carboxylic acids is 2. The maximum atomic E-state index is 12.7. The molecular weight excluding hydrogens is 247 g/mol. The van der Waals surface area contributed by atoms with Gasteiger partial charge in [0, 0.05) is 12.1 Å². The Balaban J connectivity index is 2.26. The quantitative estimate of drug-likeness (QED) is 0.740. The fourth-order valence-electron chi connectivity index (χ4n) is 1.53. The van der Waals surface area contributed by atoms with Crippen molar-refractivity contribution in [2.24, 2.45) is 0 Å². The third-order valence-electron chi connectivity index (χ3n) is 2.62. The van der Waals surface area contributed by atoms with Crippen LogP contribution in [-0.2, 0) is 4.79 Å². The Bertz CT molecular complexity index is 418. The molecule has 0 saturated heterocycles. The minimum absolute atomic E-state index is 0.0671. The van der Waals surface area contributed by atoms with Gasteiger partial charge in [-0.15, -0.1) is 0 Å². The van der Waals surface area contributed by atoms with Gasteiger partial charge in [-0.1, -0.05) is 19.8 Å². The van der Waals surface area contributed by atoms with Crippen LogP contribution in [0.2, 0.25) is 0 Å². The molecule has 0 radical (unpaired) electrons. The maximum Gasteiger partial charge on any atom is 0.251 e. The molecule has 0 bridgehead atoms. The van der Waals surface area contributed by atoms with E-state index in [2.05, 4.69) is 17.6 Å². The molecule has 0 atom stereocenters. The monoisotopic (exact) mass is 266 g/mol. The highest BCUT2D eigenvalue weighted by Gasteiger charge is 2.07. The average molecular weight is 266 g/mol. The molecule has 0 aliphatic rings. The molecule has 0 aromatic heterocycles. The van der Waals surface area contributed by atoms with Crippen molar-refractivity contribution < 1.29 is 14.0 Å². The highest BCUT2D eigenvalue weighted by molar-refractivity contribution is 5.96. The van der Waals surface area contributed by atoms with Gasteiger partial charge in [0.25, 0.3) is 5.91 Å². The summed E-state index contributed by atoms with van der Waals surface area (Å²) in [6, 6.07) is 5.17. The highest BCUT2D eigenvalue weighted by Crippen LogP contribution is 2.02. The number of hydrogen-bond acceptors (Lipinski definition) is 2. The number of hydrogen-bond donors (Lipinski definition) is 2. The Hall–Kier alpha value is -1.91. The SMILES string of the molecule is CCCCCNC(=O)CNC(=O)c1ccc(F)cc1. The summed E-state index contributed by atoms with van der Waals surface area (Å²) in [4.78, 5) is 23.0. The van der Waals surface area contributed by atoms with Gasteiger partial charge in [0.2, 0.25) is 5.91 Å². The van der Waals surface area contributed by atoms with Crippen LogP contribution in [0.5, 0.6) is 0 Å². The number of benzene rings is 1. The standard InChI is InChI=1S/C14H19FN2O2/c1-2-3-4-9-16-13(18)10-17-14(19)11-5-7-12(15)8-6-11/h5-8H,2-4,9-10H2,1H3,(H,16,18)(H,17,19). The van der Waals surface area contributed by atoms with Crippen LogP contribution in [-0.4, -0.2) is 24.9 Å². The first-order chi connectivity index (χ1) is 9.13. The predicted molar refractivity (Wildman–Crippen MR) is 71.3 cm³/mol. The summed E-state index contributed by atoms with van der Waals surface area (Å²) in [5, 5.41) is 5.21. The first kappa shape index (κ1) is 15.1. The van der Waals surface area contributed by atoms with Gasteiger partial charge >= 0.3 is 0 Å². The van der Waals surface area contributed by atoms with Crippen molar-refractivity contribution >= 4 is 11.8 Å². The fraction of sp³-hybridized carbons (Fsp3) is 0.429. The van der Waals surface area contributed by atoms with E-state index in [-0.39, 0.29) is 18.4 Å². The summed E-state index contributed by atoms with van der Waals surface area (Å²) in [5.74, 6) is -1.000. The normalized spacial score (nSPS) is 10.0. The zero-order chi connectivity index (χ0) is 14.1. The van der Waals surface area contributed by atoms with Crippen molar-refractivity contribution in [2.45, 2.75) is 26.2 Å². The number of halogens is 1. The van der Waals surface area contributed by atoms with Crippen molar-refractivity contribution in [3.05, 3.63) is 35.6 Å². The molecule has 0 unspecified atom stereocenters. The van der Waals surface area contributed by atoms with Gasteiger partial charge in [0.05, 0.1) is 6.54 Å². The molecule has 0 saturated carbocycles. The summed E-state index contributed by atoms with van der Waals surface area (Å²) >= 11 is 0. The minimum Gasteiger partial charge on any atom is -0.355 e. The Morgan fingerprint density at radius 2 is 1.79 bits per heavy atom. The molecule has 0 spiro atoms. The minimum atomic E-state index is -0.398. The maximum absolute atomic E-state index is 12.7. The molecule has 1 rings (SSSR count). The largest absolute Gasteiger partial charge is 0.355 e. The second-order valence-corrected chi connectivity index (χ2v) is 4.25. The van der Waals surface area contributed by atoms with Crippen molar-refractivity contribution in [1.29, 1.82) is 0 Å². The number of amides is 2. The molecule has 1 aromatic carbocycles. The molecule has 4 nitrogen and oxygen atoms in total. The van der Waals surface area contributed by atoms with Crippen molar-refractivity contribution in [1.82, 2.24) is 10.6 Å². The predicted octanol–water partition coefficient (Wildman–Crippen LogP) is 1.86. The van der Waals surface area contributed by atoms with E-state index in [0.717, 1.165) is 19.3 Å². The summed E-state index contributed by atoms with van der Waals surface area (Å²) in [6.07, 6.45) is 3.10. The van der Waals surface area contributed by atoms with E-state index in [1.165, 1.54) is 24.3 Å². The topological polar surface area (TPSA) is 58.2 Å². The lowest BCUT2D eigenvalue weighted by Gasteiger charge is -2.06. The van der Waals surface area contributed by atoms with Crippen LogP contribution >= 0.6 is 0 Å². The Labute approximate surface area is 112 Å².